The van der Waals surface area contributed by atoms with Crippen LogP contribution in [0.3, 0.4) is 0 Å². The number of nitro benzene ring substituents is 1. The molecular formula is C15H16N2O4S. The zero-order chi connectivity index (χ0) is 16.5. The van der Waals surface area contributed by atoms with Crippen molar-refractivity contribution in [2.75, 3.05) is 4.72 Å². The summed E-state index contributed by atoms with van der Waals surface area (Å²) in [6.07, 6.45) is 0. The Hall–Kier alpha value is -2.41. The van der Waals surface area contributed by atoms with Gasteiger partial charge >= 0.3 is 0 Å². The van der Waals surface area contributed by atoms with Gasteiger partial charge in [0.15, 0.2) is 0 Å². The zero-order valence-electron chi connectivity index (χ0n) is 12.5. The smallest absolute Gasteiger partial charge is 0.273 e. The number of nitrogens with zero attached hydrogens (tertiary/aromatic N) is 1. The monoisotopic (exact) mass is 320 g/mol. The number of aryl methyl sites for hydroxylation is 3. The van der Waals surface area contributed by atoms with E-state index in [0.29, 0.717) is 11.3 Å². The van der Waals surface area contributed by atoms with E-state index in [-0.39, 0.29) is 10.6 Å². The summed E-state index contributed by atoms with van der Waals surface area (Å²) >= 11 is 0. The van der Waals surface area contributed by atoms with E-state index >= 15 is 0 Å². The Bertz CT molecular complexity index is 845. The molecule has 2 aromatic rings. The van der Waals surface area contributed by atoms with Crippen LogP contribution in [0.15, 0.2) is 41.3 Å². The second-order valence-corrected chi connectivity index (χ2v) is 6.81. The summed E-state index contributed by atoms with van der Waals surface area (Å²) in [6.45, 7) is 5.27. The largest absolute Gasteiger partial charge is 0.279 e. The van der Waals surface area contributed by atoms with Crippen molar-refractivity contribution in [3.05, 3.63) is 63.2 Å². The van der Waals surface area contributed by atoms with Crippen LogP contribution in [0, 0.1) is 30.9 Å². The maximum Gasteiger partial charge on any atom is 0.273 e. The number of anilines is 1. The zero-order valence-corrected chi connectivity index (χ0v) is 13.3. The Labute approximate surface area is 129 Å². The van der Waals surface area contributed by atoms with E-state index < -0.39 is 14.9 Å². The van der Waals surface area contributed by atoms with Crippen molar-refractivity contribution in [3.63, 3.8) is 0 Å². The van der Waals surface area contributed by atoms with Crippen LogP contribution in [0.4, 0.5) is 11.4 Å². The van der Waals surface area contributed by atoms with Crippen molar-refractivity contribution >= 4 is 21.4 Å². The molecule has 22 heavy (non-hydrogen) atoms. The van der Waals surface area contributed by atoms with E-state index in [9.17, 15) is 18.5 Å². The Balaban J connectivity index is 2.42. The summed E-state index contributed by atoms with van der Waals surface area (Å²) in [5, 5.41) is 10.9. The number of benzene rings is 2. The van der Waals surface area contributed by atoms with Gasteiger partial charge in [-0.15, -0.1) is 0 Å². The van der Waals surface area contributed by atoms with Gasteiger partial charge < -0.3 is 0 Å². The predicted molar refractivity (Wildman–Crippen MR) is 84.6 cm³/mol. The highest BCUT2D eigenvalue weighted by atomic mass is 32.2. The summed E-state index contributed by atoms with van der Waals surface area (Å²) < 4.78 is 27.2. The fourth-order valence-electron chi connectivity index (χ4n) is 2.08. The highest BCUT2D eigenvalue weighted by molar-refractivity contribution is 7.92. The van der Waals surface area contributed by atoms with Crippen LogP contribution in [-0.4, -0.2) is 13.3 Å². The Morgan fingerprint density at radius 3 is 2.27 bits per heavy atom. The average Bonchev–Trinajstić information content (AvgIpc) is 2.42. The van der Waals surface area contributed by atoms with Crippen LogP contribution in [0.2, 0.25) is 0 Å². The van der Waals surface area contributed by atoms with Crippen LogP contribution >= 0.6 is 0 Å². The molecule has 0 amide bonds. The van der Waals surface area contributed by atoms with Crippen molar-refractivity contribution < 1.29 is 13.3 Å². The molecule has 0 unspecified atom stereocenters. The maximum absolute atomic E-state index is 12.4. The van der Waals surface area contributed by atoms with Crippen molar-refractivity contribution in [1.29, 1.82) is 0 Å². The van der Waals surface area contributed by atoms with E-state index in [4.69, 9.17) is 0 Å². The quantitative estimate of drug-likeness (QED) is 0.691. The topological polar surface area (TPSA) is 89.3 Å². The fraction of sp³-hybridized carbons (Fsp3) is 0.200. The summed E-state index contributed by atoms with van der Waals surface area (Å²) in [5.41, 5.74) is 2.45. The number of sulfonamides is 1. The summed E-state index contributed by atoms with van der Waals surface area (Å²) in [7, 11) is -3.88. The molecule has 0 radical (unpaired) electrons. The number of nitrogens with one attached hydrogen (secondary N) is 1. The molecule has 0 aliphatic rings. The molecule has 0 heterocycles. The molecule has 0 aromatic heterocycles. The lowest BCUT2D eigenvalue weighted by Gasteiger charge is -2.11. The van der Waals surface area contributed by atoms with Crippen LogP contribution in [0.5, 0.6) is 0 Å². The summed E-state index contributed by atoms with van der Waals surface area (Å²) in [4.78, 5) is 10.2. The molecule has 116 valence electrons. The molecule has 0 aliphatic heterocycles. The molecule has 0 saturated carbocycles. The van der Waals surface area contributed by atoms with Gasteiger partial charge in [0, 0.05) is 11.6 Å². The van der Waals surface area contributed by atoms with Gasteiger partial charge in [-0.1, -0.05) is 23.8 Å². The maximum atomic E-state index is 12.4. The molecular weight excluding hydrogens is 304 g/mol. The van der Waals surface area contributed by atoms with E-state index in [1.807, 2.05) is 13.0 Å². The minimum atomic E-state index is -3.88. The van der Waals surface area contributed by atoms with Gasteiger partial charge in [0.25, 0.3) is 15.7 Å². The third-order valence-corrected chi connectivity index (χ3v) is 4.68. The molecule has 7 heteroatoms. The van der Waals surface area contributed by atoms with Gasteiger partial charge in [0.05, 0.1) is 15.5 Å². The van der Waals surface area contributed by atoms with Gasteiger partial charge in [-0.05, 0) is 38.5 Å². The SMILES string of the molecule is Cc1ccc(NS(=O)(=O)c2ccc(C)c([N+](=O)[O-])c2)c(C)c1. The van der Waals surface area contributed by atoms with Crippen molar-refractivity contribution in [1.82, 2.24) is 0 Å². The molecule has 0 bridgehead atoms. The van der Waals surface area contributed by atoms with Gasteiger partial charge in [-0.25, -0.2) is 8.42 Å². The van der Waals surface area contributed by atoms with Crippen LogP contribution < -0.4 is 4.72 Å². The van der Waals surface area contributed by atoms with Crippen LogP contribution in [0.1, 0.15) is 16.7 Å². The first kappa shape index (κ1) is 16.0. The highest BCUT2D eigenvalue weighted by Crippen LogP contribution is 2.25. The molecule has 0 atom stereocenters. The minimum Gasteiger partial charge on any atom is -0.279 e. The number of rotatable bonds is 4. The Morgan fingerprint density at radius 2 is 1.68 bits per heavy atom. The second kappa shape index (κ2) is 5.76. The van der Waals surface area contributed by atoms with E-state index in [0.717, 1.165) is 17.2 Å². The Kier molecular flexibility index (Phi) is 4.18. The molecule has 0 aliphatic carbocycles. The first-order valence-corrected chi connectivity index (χ1v) is 8.04. The Morgan fingerprint density at radius 1 is 1.00 bits per heavy atom. The predicted octanol–water partition coefficient (Wildman–Crippen LogP) is 3.32. The summed E-state index contributed by atoms with van der Waals surface area (Å²) in [6, 6.07) is 9.17. The molecule has 2 rings (SSSR count). The van der Waals surface area contributed by atoms with Crippen LogP contribution in [0.25, 0.3) is 0 Å². The van der Waals surface area contributed by atoms with Gasteiger partial charge in [0.2, 0.25) is 0 Å². The lowest BCUT2D eigenvalue weighted by Crippen LogP contribution is -2.14. The number of nitro groups is 1. The lowest BCUT2D eigenvalue weighted by atomic mass is 10.1. The van der Waals surface area contributed by atoms with E-state index in [1.54, 1.807) is 26.0 Å². The molecule has 1 N–H and O–H groups in total. The highest BCUT2D eigenvalue weighted by Gasteiger charge is 2.20. The average molecular weight is 320 g/mol. The van der Waals surface area contributed by atoms with E-state index in [2.05, 4.69) is 4.72 Å². The molecule has 2 aromatic carbocycles. The molecule has 0 saturated heterocycles. The van der Waals surface area contributed by atoms with E-state index in [1.165, 1.54) is 12.1 Å². The standard InChI is InChI=1S/C15H16N2O4S/c1-10-4-7-14(12(3)8-10)16-22(20,21)13-6-5-11(2)15(9-13)17(18)19/h4-9,16H,1-3H3. The first-order chi connectivity index (χ1) is 10.2. The van der Waals surface area contributed by atoms with Gasteiger partial charge in [0.1, 0.15) is 0 Å². The third-order valence-electron chi connectivity index (χ3n) is 3.31. The molecule has 0 spiro atoms. The fourth-order valence-corrected chi connectivity index (χ4v) is 3.24. The molecule has 6 nitrogen and oxygen atoms in total. The van der Waals surface area contributed by atoms with Gasteiger partial charge in [-0.2, -0.15) is 0 Å². The lowest BCUT2D eigenvalue weighted by molar-refractivity contribution is -0.385. The normalized spacial score (nSPS) is 11.2. The number of hydrogen-bond donors (Lipinski definition) is 1. The van der Waals surface area contributed by atoms with Crippen molar-refractivity contribution in [2.45, 2.75) is 25.7 Å². The van der Waals surface area contributed by atoms with Crippen LogP contribution in [-0.2, 0) is 10.0 Å². The van der Waals surface area contributed by atoms with Crippen molar-refractivity contribution in [2.24, 2.45) is 0 Å². The minimum absolute atomic E-state index is 0.134. The molecule has 0 fully saturated rings. The second-order valence-electron chi connectivity index (χ2n) is 5.13. The summed E-state index contributed by atoms with van der Waals surface area (Å²) in [5.74, 6) is 0. The number of hydrogen-bond acceptors (Lipinski definition) is 4. The van der Waals surface area contributed by atoms with Crippen molar-refractivity contribution in [3.8, 4) is 0 Å². The first-order valence-electron chi connectivity index (χ1n) is 6.56. The third kappa shape index (κ3) is 3.25. The van der Waals surface area contributed by atoms with Gasteiger partial charge in [-0.3, -0.25) is 14.8 Å².